The predicted octanol–water partition coefficient (Wildman–Crippen LogP) is 0.536. The number of halogens is 1. The highest BCUT2D eigenvalue weighted by Gasteiger charge is 2.20. The number of hydrogen-bond acceptors (Lipinski definition) is 3. The van der Waals surface area contributed by atoms with Gasteiger partial charge >= 0.3 is 0 Å². The molecule has 0 radical (unpaired) electrons. The molecule has 0 spiro atoms. The third-order valence-electron chi connectivity index (χ3n) is 3.78. The summed E-state index contributed by atoms with van der Waals surface area (Å²) in [6.45, 7) is 3.79. The minimum atomic E-state index is 0. The zero-order valence-corrected chi connectivity index (χ0v) is 12.1. The summed E-state index contributed by atoms with van der Waals surface area (Å²) in [5, 5.41) is 5.99. The van der Waals surface area contributed by atoms with Crippen LogP contribution in [0.25, 0.3) is 0 Å². The van der Waals surface area contributed by atoms with E-state index in [4.69, 9.17) is 0 Å². The van der Waals surface area contributed by atoms with Crippen LogP contribution in [0.3, 0.4) is 0 Å². The van der Waals surface area contributed by atoms with Gasteiger partial charge in [-0.3, -0.25) is 9.59 Å². The van der Waals surface area contributed by atoms with Gasteiger partial charge in [-0.15, -0.1) is 12.4 Å². The first-order valence-corrected chi connectivity index (χ1v) is 7.01. The minimum absolute atomic E-state index is 0. The molecule has 0 aliphatic carbocycles. The van der Waals surface area contributed by atoms with Crippen LogP contribution in [0, 0.1) is 5.92 Å². The van der Waals surface area contributed by atoms with Crippen LogP contribution in [0.15, 0.2) is 0 Å². The molecule has 2 rings (SSSR count). The second-order valence-corrected chi connectivity index (χ2v) is 5.28. The third-order valence-corrected chi connectivity index (χ3v) is 3.78. The molecule has 0 aromatic heterocycles. The highest BCUT2D eigenvalue weighted by Crippen LogP contribution is 2.11. The van der Waals surface area contributed by atoms with Crippen LogP contribution in [0.5, 0.6) is 0 Å². The standard InChI is InChI=1S/C13H23N3O2.ClH/c17-12(8-11-4-5-14-9-11)15-10-13(18)16-6-2-1-3-7-16;/h11,14H,1-10H2,(H,15,17);1H. The van der Waals surface area contributed by atoms with Crippen molar-refractivity contribution in [1.82, 2.24) is 15.5 Å². The SMILES string of the molecule is Cl.O=C(CC1CCNC1)NCC(=O)N1CCCCC1. The maximum Gasteiger partial charge on any atom is 0.241 e. The van der Waals surface area contributed by atoms with E-state index in [9.17, 15) is 9.59 Å². The first-order valence-electron chi connectivity index (χ1n) is 7.01. The van der Waals surface area contributed by atoms with Gasteiger partial charge in [0.05, 0.1) is 6.54 Å². The molecule has 0 saturated carbocycles. The lowest BCUT2D eigenvalue weighted by molar-refractivity contribution is -0.133. The minimum Gasteiger partial charge on any atom is -0.347 e. The Bertz CT molecular complexity index is 300. The summed E-state index contributed by atoms with van der Waals surface area (Å²) < 4.78 is 0. The molecular formula is C13H24ClN3O2. The van der Waals surface area contributed by atoms with E-state index in [0.717, 1.165) is 45.4 Å². The largest absolute Gasteiger partial charge is 0.347 e. The predicted molar refractivity (Wildman–Crippen MR) is 76.3 cm³/mol. The van der Waals surface area contributed by atoms with E-state index >= 15 is 0 Å². The molecule has 0 bridgehead atoms. The zero-order valence-electron chi connectivity index (χ0n) is 11.3. The van der Waals surface area contributed by atoms with Crippen molar-refractivity contribution in [3.8, 4) is 0 Å². The van der Waals surface area contributed by atoms with Crippen molar-refractivity contribution >= 4 is 24.2 Å². The molecule has 1 atom stereocenters. The zero-order chi connectivity index (χ0) is 12.8. The summed E-state index contributed by atoms with van der Waals surface area (Å²) in [5.41, 5.74) is 0. The molecule has 19 heavy (non-hydrogen) atoms. The Hall–Kier alpha value is -0.810. The molecule has 2 aliphatic heterocycles. The van der Waals surface area contributed by atoms with Gasteiger partial charge in [-0.05, 0) is 44.7 Å². The average Bonchev–Trinajstić information content (AvgIpc) is 2.90. The van der Waals surface area contributed by atoms with Crippen molar-refractivity contribution < 1.29 is 9.59 Å². The molecule has 0 aromatic carbocycles. The first-order chi connectivity index (χ1) is 8.75. The van der Waals surface area contributed by atoms with E-state index in [2.05, 4.69) is 10.6 Å². The lowest BCUT2D eigenvalue weighted by Gasteiger charge is -2.26. The van der Waals surface area contributed by atoms with Crippen LogP contribution in [0.2, 0.25) is 0 Å². The number of hydrogen-bond donors (Lipinski definition) is 2. The molecule has 2 aliphatic rings. The van der Waals surface area contributed by atoms with Crippen LogP contribution in [0.4, 0.5) is 0 Å². The Labute approximate surface area is 120 Å². The van der Waals surface area contributed by atoms with Crippen LogP contribution in [0.1, 0.15) is 32.1 Å². The fourth-order valence-corrected chi connectivity index (χ4v) is 2.65. The van der Waals surface area contributed by atoms with Crippen molar-refractivity contribution in [2.24, 2.45) is 5.92 Å². The van der Waals surface area contributed by atoms with Gasteiger partial charge in [-0.2, -0.15) is 0 Å². The number of nitrogens with zero attached hydrogens (tertiary/aromatic N) is 1. The Morgan fingerprint density at radius 2 is 1.95 bits per heavy atom. The van der Waals surface area contributed by atoms with E-state index in [0.29, 0.717) is 12.3 Å². The molecule has 6 heteroatoms. The Kier molecular flexibility index (Phi) is 7.16. The number of amides is 2. The van der Waals surface area contributed by atoms with Crippen molar-refractivity contribution in [1.29, 1.82) is 0 Å². The second-order valence-electron chi connectivity index (χ2n) is 5.28. The molecule has 5 nitrogen and oxygen atoms in total. The van der Waals surface area contributed by atoms with E-state index in [-0.39, 0.29) is 30.8 Å². The van der Waals surface area contributed by atoms with Crippen molar-refractivity contribution in [3.63, 3.8) is 0 Å². The van der Waals surface area contributed by atoms with Crippen molar-refractivity contribution in [3.05, 3.63) is 0 Å². The summed E-state index contributed by atoms with van der Waals surface area (Å²) in [6, 6.07) is 0. The summed E-state index contributed by atoms with van der Waals surface area (Å²) in [6.07, 6.45) is 5.00. The monoisotopic (exact) mass is 289 g/mol. The molecule has 0 aromatic rings. The lowest BCUT2D eigenvalue weighted by Crippen LogP contribution is -2.42. The molecule has 110 valence electrons. The van der Waals surface area contributed by atoms with Gasteiger partial charge in [0.2, 0.25) is 11.8 Å². The third kappa shape index (κ3) is 5.37. The number of likely N-dealkylation sites (tertiary alicyclic amines) is 1. The van der Waals surface area contributed by atoms with E-state index < -0.39 is 0 Å². The Morgan fingerprint density at radius 3 is 2.58 bits per heavy atom. The summed E-state index contributed by atoms with van der Waals surface area (Å²) in [5.74, 6) is 0.511. The van der Waals surface area contributed by atoms with Crippen molar-refractivity contribution in [2.45, 2.75) is 32.1 Å². The van der Waals surface area contributed by atoms with Crippen molar-refractivity contribution in [2.75, 3.05) is 32.7 Å². The highest BCUT2D eigenvalue weighted by molar-refractivity contribution is 5.85. The first kappa shape index (κ1) is 16.2. The van der Waals surface area contributed by atoms with Gasteiger partial charge < -0.3 is 15.5 Å². The Morgan fingerprint density at radius 1 is 1.21 bits per heavy atom. The number of carbonyl (C=O) groups excluding carboxylic acids is 2. The fraction of sp³-hybridized carbons (Fsp3) is 0.846. The molecule has 1 unspecified atom stereocenters. The van der Waals surface area contributed by atoms with E-state index in [1.54, 1.807) is 0 Å². The summed E-state index contributed by atoms with van der Waals surface area (Å²) in [4.78, 5) is 25.4. The second kappa shape index (κ2) is 8.38. The molecule has 2 amide bonds. The lowest BCUT2D eigenvalue weighted by atomic mass is 10.0. The van der Waals surface area contributed by atoms with Gasteiger partial charge in [-0.25, -0.2) is 0 Å². The van der Waals surface area contributed by atoms with Gasteiger partial charge in [-0.1, -0.05) is 0 Å². The highest BCUT2D eigenvalue weighted by atomic mass is 35.5. The number of carbonyl (C=O) groups is 2. The van der Waals surface area contributed by atoms with Crippen LogP contribution >= 0.6 is 12.4 Å². The van der Waals surface area contributed by atoms with Gasteiger partial charge in [0.25, 0.3) is 0 Å². The molecule has 2 heterocycles. The van der Waals surface area contributed by atoms with E-state index in [1.165, 1.54) is 6.42 Å². The summed E-state index contributed by atoms with van der Waals surface area (Å²) in [7, 11) is 0. The summed E-state index contributed by atoms with van der Waals surface area (Å²) >= 11 is 0. The molecule has 2 N–H and O–H groups in total. The Balaban J connectivity index is 0.00000180. The average molecular weight is 290 g/mol. The van der Waals surface area contributed by atoms with Crippen LogP contribution in [-0.2, 0) is 9.59 Å². The van der Waals surface area contributed by atoms with Crippen LogP contribution in [-0.4, -0.2) is 49.4 Å². The van der Waals surface area contributed by atoms with E-state index in [1.807, 2.05) is 4.90 Å². The number of rotatable bonds is 4. The maximum atomic E-state index is 11.8. The topological polar surface area (TPSA) is 61.4 Å². The molecular weight excluding hydrogens is 266 g/mol. The van der Waals surface area contributed by atoms with Gasteiger partial charge in [0.15, 0.2) is 0 Å². The maximum absolute atomic E-state index is 11.8. The number of piperidine rings is 1. The van der Waals surface area contributed by atoms with Gasteiger partial charge in [0.1, 0.15) is 0 Å². The molecule has 2 fully saturated rings. The quantitative estimate of drug-likeness (QED) is 0.794. The normalized spacial score (nSPS) is 22.7. The molecule has 2 saturated heterocycles. The van der Waals surface area contributed by atoms with Crippen LogP contribution < -0.4 is 10.6 Å². The fourth-order valence-electron chi connectivity index (χ4n) is 2.65. The number of nitrogens with one attached hydrogen (secondary N) is 2. The van der Waals surface area contributed by atoms with Gasteiger partial charge in [0, 0.05) is 19.5 Å². The smallest absolute Gasteiger partial charge is 0.241 e.